The fourth-order valence-electron chi connectivity index (χ4n) is 5.96. The largest absolute Gasteiger partial charge is 0.463 e. The molecule has 0 bridgehead atoms. The molecule has 0 unspecified atom stereocenters. The lowest BCUT2D eigenvalue weighted by atomic mass is 9.70. The van der Waals surface area contributed by atoms with Crippen LogP contribution in [0.2, 0.25) is 0 Å². The zero-order valence-electron chi connectivity index (χ0n) is 21.2. The van der Waals surface area contributed by atoms with Gasteiger partial charge < -0.3 is 15.0 Å². The minimum Gasteiger partial charge on any atom is -0.463 e. The molecule has 1 saturated heterocycles. The molecule has 2 N–H and O–H groups in total. The third kappa shape index (κ3) is 4.60. The van der Waals surface area contributed by atoms with E-state index >= 15 is 0 Å². The Labute approximate surface area is 210 Å². The Balaban J connectivity index is 1.19. The maximum atomic E-state index is 13.2. The van der Waals surface area contributed by atoms with Gasteiger partial charge in [-0.15, -0.1) is 0 Å². The van der Waals surface area contributed by atoms with Crippen LogP contribution in [0, 0.1) is 17.8 Å². The predicted molar refractivity (Wildman–Crippen MR) is 135 cm³/mol. The van der Waals surface area contributed by atoms with Gasteiger partial charge in [-0.2, -0.15) is 15.1 Å². The van der Waals surface area contributed by atoms with E-state index in [9.17, 15) is 4.79 Å². The molecule has 0 spiro atoms. The third-order valence-electron chi connectivity index (χ3n) is 8.12. The van der Waals surface area contributed by atoms with Crippen LogP contribution in [0.4, 0.5) is 5.82 Å². The Morgan fingerprint density at radius 3 is 2.75 bits per heavy atom. The van der Waals surface area contributed by atoms with Crippen molar-refractivity contribution in [2.75, 3.05) is 24.6 Å². The van der Waals surface area contributed by atoms with Crippen molar-refractivity contribution in [1.82, 2.24) is 35.5 Å². The molecule has 2 atom stereocenters. The summed E-state index contributed by atoms with van der Waals surface area (Å²) in [6.07, 6.45) is 8.35. The number of carbonyl (C=O) groups excluding carboxylic acids is 1. The molecule has 3 aromatic rings. The molecule has 3 aliphatic rings. The van der Waals surface area contributed by atoms with Crippen LogP contribution in [0.1, 0.15) is 75.0 Å². The molecule has 0 aromatic carbocycles. The third-order valence-corrected chi connectivity index (χ3v) is 8.12. The number of carbonyl (C=O) groups is 1. The predicted octanol–water partition coefficient (Wildman–Crippen LogP) is 3.48. The van der Waals surface area contributed by atoms with Gasteiger partial charge in [0.15, 0.2) is 5.65 Å². The zero-order chi connectivity index (χ0) is 24.9. The number of H-pyrrole nitrogens is 1. The van der Waals surface area contributed by atoms with Gasteiger partial charge in [-0.1, -0.05) is 13.8 Å². The van der Waals surface area contributed by atoms with Crippen LogP contribution in [0.3, 0.4) is 0 Å². The number of piperidine rings is 1. The SMILES string of the molecule is CC1CC(C)(NC(=O)c2cc(N3CCC(c4n[nH]c5ncncc45)CC3)nc(OC[C@H]3C[C@H]3C)n2)C1. The molecule has 10 nitrogen and oxygen atoms in total. The van der Waals surface area contributed by atoms with Crippen molar-refractivity contribution >= 4 is 22.8 Å². The Morgan fingerprint density at radius 1 is 1.25 bits per heavy atom. The maximum absolute atomic E-state index is 13.2. The highest BCUT2D eigenvalue weighted by molar-refractivity contribution is 5.93. The first kappa shape index (κ1) is 23.1. The highest BCUT2D eigenvalue weighted by Crippen LogP contribution is 2.39. The van der Waals surface area contributed by atoms with Crippen molar-refractivity contribution in [1.29, 1.82) is 0 Å². The summed E-state index contributed by atoms with van der Waals surface area (Å²) in [6, 6.07) is 2.10. The summed E-state index contributed by atoms with van der Waals surface area (Å²) in [7, 11) is 0. The maximum Gasteiger partial charge on any atom is 0.319 e. The van der Waals surface area contributed by atoms with E-state index in [2.05, 4.69) is 56.1 Å². The first-order valence-electron chi connectivity index (χ1n) is 13.1. The number of aromatic nitrogens is 6. The van der Waals surface area contributed by atoms with Gasteiger partial charge in [0.2, 0.25) is 0 Å². The summed E-state index contributed by atoms with van der Waals surface area (Å²) < 4.78 is 5.98. The number of nitrogens with one attached hydrogen (secondary N) is 2. The van der Waals surface area contributed by atoms with Gasteiger partial charge in [0.25, 0.3) is 5.91 Å². The number of hydrogen-bond acceptors (Lipinski definition) is 8. The van der Waals surface area contributed by atoms with Crippen LogP contribution < -0.4 is 15.0 Å². The number of anilines is 1. The van der Waals surface area contributed by atoms with Crippen LogP contribution in [-0.4, -0.2) is 61.3 Å². The van der Waals surface area contributed by atoms with Gasteiger partial charge in [-0.25, -0.2) is 9.97 Å². The van der Waals surface area contributed by atoms with Crippen molar-refractivity contribution < 1.29 is 9.53 Å². The molecule has 3 aromatic heterocycles. The van der Waals surface area contributed by atoms with Crippen molar-refractivity contribution in [3.63, 3.8) is 0 Å². The lowest BCUT2D eigenvalue weighted by Gasteiger charge is -2.44. The van der Waals surface area contributed by atoms with Gasteiger partial charge >= 0.3 is 6.01 Å². The molecule has 6 rings (SSSR count). The summed E-state index contributed by atoms with van der Waals surface area (Å²) in [5.41, 5.74) is 2.01. The first-order valence-corrected chi connectivity index (χ1v) is 13.1. The molecule has 0 radical (unpaired) electrons. The Hall–Kier alpha value is -3.30. The topological polar surface area (TPSA) is 122 Å². The number of ether oxygens (including phenoxy) is 1. The molecular formula is C26H34N8O2. The van der Waals surface area contributed by atoms with Gasteiger partial charge in [0, 0.05) is 36.8 Å². The van der Waals surface area contributed by atoms with Crippen LogP contribution >= 0.6 is 0 Å². The second kappa shape index (κ2) is 8.97. The standard InChI is InChI=1S/C26H34N8O2/c1-15-10-26(3,11-15)31-24(35)20-9-21(30-25(29-20)36-13-18-8-16(18)2)34-6-4-17(5-7-34)22-19-12-27-14-28-23(19)33-32-22/h9,12,14-18H,4-8,10-11,13H2,1-3H3,(H,31,35)(H,27,28,32,33)/t15?,16-,18-,26?/m1/s1. The van der Waals surface area contributed by atoms with Crippen LogP contribution in [0.15, 0.2) is 18.6 Å². The number of rotatable bonds is 7. The van der Waals surface area contributed by atoms with Crippen LogP contribution in [0.5, 0.6) is 6.01 Å². The van der Waals surface area contributed by atoms with Crippen molar-refractivity contribution in [2.24, 2.45) is 17.8 Å². The van der Waals surface area contributed by atoms with Crippen molar-refractivity contribution in [3.8, 4) is 6.01 Å². The van der Waals surface area contributed by atoms with Crippen LogP contribution in [-0.2, 0) is 0 Å². The van der Waals surface area contributed by atoms with E-state index in [0.717, 1.165) is 61.3 Å². The fraction of sp³-hybridized carbons (Fsp3) is 0.615. The average molecular weight is 491 g/mol. The summed E-state index contributed by atoms with van der Waals surface area (Å²) in [4.78, 5) is 33.1. The Bertz CT molecular complexity index is 1260. The van der Waals surface area contributed by atoms with Crippen LogP contribution in [0.25, 0.3) is 11.0 Å². The average Bonchev–Trinajstić information content (AvgIpc) is 3.40. The molecule has 2 aliphatic carbocycles. The Morgan fingerprint density at radius 2 is 2.03 bits per heavy atom. The highest BCUT2D eigenvalue weighted by atomic mass is 16.5. The molecule has 36 heavy (non-hydrogen) atoms. The number of hydrogen-bond donors (Lipinski definition) is 2. The van der Waals surface area contributed by atoms with E-state index in [1.54, 1.807) is 0 Å². The van der Waals surface area contributed by atoms with E-state index in [1.807, 2.05) is 12.3 Å². The molecule has 1 aliphatic heterocycles. The molecular weight excluding hydrogens is 456 g/mol. The van der Waals surface area contributed by atoms with Gasteiger partial charge in [-0.05, 0) is 56.8 Å². The van der Waals surface area contributed by atoms with Crippen molar-refractivity contribution in [3.05, 3.63) is 30.0 Å². The molecule has 10 heteroatoms. The normalized spacial score (nSPS) is 28.1. The molecule has 190 valence electrons. The summed E-state index contributed by atoms with van der Waals surface area (Å²) in [6.45, 7) is 8.75. The van der Waals surface area contributed by atoms with E-state index < -0.39 is 0 Å². The second-order valence-electron chi connectivity index (χ2n) is 11.4. The monoisotopic (exact) mass is 490 g/mol. The lowest BCUT2D eigenvalue weighted by molar-refractivity contribution is 0.0765. The minimum absolute atomic E-state index is 0.157. The van der Waals surface area contributed by atoms with Gasteiger partial charge in [0.05, 0.1) is 17.7 Å². The zero-order valence-corrected chi connectivity index (χ0v) is 21.2. The molecule has 4 heterocycles. The number of amides is 1. The lowest BCUT2D eigenvalue weighted by Crippen LogP contribution is -2.54. The number of fused-ring (bicyclic) bond motifs is 1. The van der Waals surface area contributed by atoms with Crippen molar-refractivity contribution in [2.45, 2.75) is 64.3 Å². The minimum atomic E-state index is -0.166. The highest BCUT2D eigenvalue weighted by Gasteiger charge is 2.39. The molecule has 3 fully saturated rings. The number of aromatic amines is 1. The van der Waals surface area contributed by atoms with E-state index in [-0.39, 0.29) is 11.4 Å². The molecule has 2 saturated carbocycles. The van der Waals surface area contributed by atoms with E-state index in [0.29, 0.717) is 42.0 Å². The van der Waals surface area contributed by atoms with E-state index in [1.165, 1.54) is 12.7 Å². The first-order chi connectivity index (χ1) is 17.4. The fourth-order valence-corrected chi connectivity index (χ4v) is 5.96. The summed E-state index contributed by atoms with van der Waals surface area (Å²) >= 11 is 0. The quantitative estimate of drug-likeness (QED) is 0.516. The summed E-state index contributed by atoms with van der Waals surface area (Å²) in [5.74, 6) is 2.77. The van der Waals surface area contributed by atoms with E-state index in [4.69, 9.17) is 9.72 Å². The smallest absolute Gasteiger partial charge is 0.319 e. The Kier molecular flexibility index (Phi) is 5.76. The van der Waals surface area contributed by atoms with Gasteiger partial charge in [-0.3, -0.25) is 9.89 Å². The van der Waals surface area contributed by atoms with Gasteiger partial charge in [0.1, 0.15) is 17.8 Å². The second-order valence-corrected chi connectivity index (χ2v) is 11.4. The molecule has 1 amide bonds. The summed E-state index contributed by atoms with van der Waals surface area (Å²) in [5, 5.41) is 11.7. The number of nitrogens with zero attached hydrogens (tertiary/aromatic N) is 6.